The first-order valence-electron chi connectivity index (χ1n) is 8.29. The summed E-state index contributed by atoms with van der Waals surface area (Å²) in [5.74, 6) is -0.104. The molecule has 28 heavy (non-hydrogen) atoms. The molecule has 1 heterocycles. The van der Waals surface area contributed by atoms with Gasteiger partial charge >= 0.3 is 15.8 Å². The number of aromatic nitrogens is 2. The smallest absolute Gasteiger partial charge is 0.339 e. The minimum absolute atomic E-state index is 0.0923. The van der Waals surface area contributed by atoms with E-state index in [2.05, 4.69) is 15.3 Å². The summed E-state index contributed by atoms with van der Waals surface area (Å²) in [5, 5.41) is 3.90. The van der Waals surface area contributed by atoms with Crippen LogP contribution in [-0.2, 0) is 14.9 Å². The second-order valence-electron chi connectivity index (χ2n) is 6.16. The molecule has 142 valence electrons. The van der Waals surface area contributed by atoms with Crippen LogP contribution in [0.25, 0.3) is 21.8 Å². The van der Waals surface area contributed by atoms with Crippen molar-refractivity contribution in [3.05, 3.63) is 65.1 Å². The maximum Gasteiger partial charge on any atom is 0.339 e. The van der Waals surface area contributed by atoms with Crippen molar-refractivity contribution in [3.8, 4) is 5.75 Å². The predicted molar refractivity (Wildman–Crippen MR) is 105 cm³/mol. The van der Waals surface area contributed by atoms with Crippen LogP contribution >= 0.6 is 0 Å². The highest BCUT2D eigenvalue weighted by Gasteiger charge is 2.20. The van der Waals surface area contributed by atoms with Gasteiger partial charge in [-0.2, -0.15) is 8.42 Å². The second-order valence-corrected chi connectivity index (χ2v) is 7.71. The van der Waals surface area contributed by atoms with E-state index in [-0.39, 0.29) is 16.6 Å². The first-order valence-corrected chi connectivity index (χ1v) is 9.70. The number of nitrogens with one attached hydrogen (secondary N) is 3. The Balaban J connectivity index is 1.77. The van der Waals surface area contributed by atoms with Crippen molar-refractivity contribution in [1.82, 2.24) is 9.97 Å². The number of hydrogen-bond donors (Lipinski definition) is 3. The Labute approximate surface area is 159 Å². The van der Waals surface area contributed by atoms with Gasteiger partial charge in [-0.3, -0.25) is 4.79 Å². The Morgan fingerprint density at radius 3 is 2.43 bits per heavy atom. The molecular formula is C19H15N3O5S. The SMILES string of the molecule is CC(=O)Nc1ccc(OS(=O)(=O)c2ccc3[nH]c(=O)[nH]c3c2)c2ccccc12. The number of aromatic amines is 2. The van der Waals surface area contributed by atoms with Gasteiger partial charge in [-0.05, 0) is 30.3 Å². The van der Waals surface area contributed by atoms with Gasteiger partial charge in [0.1, 0.15) is 4.90 Å². The fourth-order valence-electron chi connectivity index (χ4n) is 2.98. The van der Waals surface area contributed by atoms with Gasteiger partial charge in [0.15, 0.2) is 5.75 Å². The van der Waals surface area contributed by atoms with Crippen molar-refractivity contribution >= 4 is 43.5 Å². The number of imidazole rings is 1. The third-order valence-electron chi connectivity index (χ3n) is 4.17. The maximum absolute atomic E-state index is 12.8. The number of carbonyl (C=O) groups is 1. The minimum Gasteiger partial charge on any atom is -0.378 e. The summed E-state index contributed by atoms with van der Waals surface area (Å²) in [7, 11) is -4.15. The standard InChI is InChI=1S/C19H15N3O5S/c1-11(23)20-15-8-9-18(14-5-3-2-4-13(14)15)27-28(25,26)12-6-7-16-17(10-12)22-19(24)21-16/h2-10H,1H3,(H,20,23)(H2,21,22,24). The van der Waals surface area contributed by atoms with Crippen LogP contribution in [0.2, 0.25) is 0 Å². The average Bonchev–Trinajstić information content (AvgIpc) is 3.02. The quantitative estimate of drug-likeness (QED) is 0.457. The van der Waals surface area contributed by atoms with Crippen molar-refractivity contribution in [3.63, 3.8) is 0 Å². The van der Waals surface area contributed by atoms with Gasteiger partial charge in [0.2, 0.25) is 5.91 Å². The van der Waals surface area contributed by atoms with E-state index in [9.17, 15) is 18.0 Å². The average molecular weight is 397 g/mol. The number of benzene rings is 3. The van der Waals surface area contributed by atoms with Crippen molar-refractivity contribution in [1.29, 1.82) is 0 Å². The topological polar surface area (TPSA) is 121 Å². The highest BCUT2D eigenvalue weighted by molar-refractivity contribution is 7.87. The second kappa shape index (κ2) is 6.54. The first-order chi connectivity index (χ1) is 13.3. The summed E-state index contributed by atoms with van der Waals surface area (Å²) in [6.45, 7) is 1.39. The molecule has 3 aromatic carbocycles. The van der Waals surface area contributed by atoms with E-state index in [0.29, 0.717) is 27.5 Å². The molecule has 4 aromatic rings. The summed E-state index contributed by atoms with van der Waals surface area (Å²) in [6, 6.07) is 14.2. The molecule has 9 heteroatoms. The number of hydrogen-bond acceptors (Lipinski definition) is 5. The number of anilines is 1. The molecule has 0 atom stereocenters. The fourth-order valence-corrected chi connectivity index (χ4v) is 3.95. The number of carbonyl (C=O) groups excluding carboxylic acids is 1. The molecule has 0 saturated heterocycles. The summed E-state index contributed by atoms with van der Waals surface area (Å²) >= 11 is 0. The van der Waals surface area contributed by atoms with Gasteiger partial charge in [-0.1, -0.05) is 24.3 Å². The largest absolute Gasteiger partial charge is 0.378 e. The normalized spacial score (nSPS) is 11.6. The zero-order valence-corrected chi connectivity index (χ0v) is 15.5. The molecule has 4 rings (SSSR count). The minimum atomic E-state index is -4.15. The summed E-state index contributed by atoms with van der Waals surface area (Å²) in [4.78, 5) is 27.8. The Hall–Kier alpha value is -3.59. The molecule has 0 fully saturated rings. The zero-order chi connectivity index (χ0) is 19.9. The number of rotatable bonds is 4. The molecule has 0 saturated carbocycles. The highest BCUT2D eigenvalue weighted by atomic mass is 32.2. The molecule has 0 unspecified atom stereocenters. The molecule has 1 amide bonds. The lowest BCUT2D eigenvalue weighted by atomic mass is 10.1. The van der Waals surface area contributed by atoms with E-state index in [1.54, 1.807) is 30.3 Å². The van der Waals surface area contributed by atoms with Crippen LogP contribution in [0.3, 0.4) is 0 Å². The van der Waals surface area contributed by atoms with E-state index < -0.39 is 15.8 Å². The van der Waals surface area contributed by atoms with Crippen molar-refractivity contribution in [2.24, 2.45) is 0 Å². The number of amides is 1. The molecule has 0 aliphatic rings. The van der Waals surface area contributed by atoms with Crippen LogP contribution in [0.15, 0.2) is 64.3 Å². The summed E-state index contributed by atoms with van der Waals surface area (Å²) < 4.78 is 30.9. The molecular weight excluding hydrogens is 382 g/mol. The van der Waals surface area contributed by atoms with E-state index >= 15 is 0 Å². The van der Waals surface area contributed by atoms with Gasteiger partial charge in [0.05, 0.1) is 11.0 Å². The molecule has 0 spiro atoms. The van der Waals surface area contributed by atoms with E-state index in [1.807, 2.05) is 0 Å². The highest BCUT2D eigenvalue weighted by Crippen LogP contribution is 2.33. The lowest BCUT2D eigenvalue weighted by Gasteiger charge is -2.13. The molecule has 0 bridgehead atoms. The number of H-pyrrole nitrogens is 2. The molecule has 0 aliphatic carbocycles. The van der Waals surface area contributed by atoms with Crippen molar-refractivity contribution in [2.45, 2.75) is 11.8 Å². The van der Waals surface area contributed by atoms with Crippen LogP contribution in [0.4, 0.5) is 5.69 Å². The van der Waals surface area contributed by atoms with Gasteiger partial charge in [0.25, 0.3) is 0 Å². The third-order valence-corrected chi connectivity index (χ3v) is 5.40. The number of fused-ring (bicyclic) bond motifs is 2. The van der Waals surface area contributed by atoms with Crippen LogP contribution in [0.5, 0.6) is 5.75 Å². The summed E-state index contributed by atoms with van der Waals surface area (Å²) in [6.07, 6.45) is 0. The van der Waals surface area contributed by atoms with E-state index in [0.717, 1.165) is 0 Å². The van der Waals surface area contributed by atoms with Crippen LogP contribution in [0.1, 0.15) is 6.92 Å². The van der Waals surface area contributed by atoms with Gasteiger partial charge < -0.3 is 19.5 Å². The molecule has 3 N–H and O–H groups in total. The predicted octanol–water partition coefficient (Wildman–Crippen LogP) is 2.74. The Bertz CT molecular complexity index is 1390. The Morgan fingerprint density at radius 2 is 1.68 bits per heavy atom. The third kappa shape index (κ3) is 3.23. The van der Waals surface area contributed by atoms with E-state index in [4.69, 9.17) is 4.18 Å². The van der Waals surface area contributed by atoms with E-state index in [1.165, 1.54) is 31.2 Å². The monoisotopic (exact) mass is 397 g/mol. The van der Waals surface area contributed by atoms with Gasteiger partial charge in [0, 0.05) is 23.4 Å². The molecule has 8 nitrogen and oxygen atoms in total. The van der Waals surface area contributed by atoms with Crippen molar-refractivity contribution in [2.75, 3.05) is 5.32 Å². The van der Waals surface area contributed by atoms with Gasteiger partial charge in [-0.15, -0.1) is 0 Å². The van der Waals surface area contributed by atoms with Crippen molar-refractivity contribution < 1.29 is 17.4 Å². The zero-order valence-electron chi connectivity index (χ0n) is 14.6. The Morgan fingerprint density at radius 1 is 0.964 bits per heavy atom. The Kier molecular flexibility index (Phi) is 4.16. The van der Waals surface area contributed by atoms with Crippen LogP contribution < -0.4 is 15.2 Å². The van der Waals surface area contributed by atoms with Crippen LogP contribution in [-0.4, -0.2) is 24.3 Å². The summed E-state index contributed by atoms with van der Waals surface area (Å²) in [5.41, 5.74) is 0.985. The molecule has 1 aromatic heterocycles. The van der Waals surface area contributed by atoms with Gasteiger partial charge in [-0.25, -0.2) is 4.79 Å². The van der Waals surface area contributed by atoms with Crippen LogP contribution in [0, 0.1) is 0 Å². The molecule has 0 aliphatic heterocycles. The lowest BCUT2D eigenvalue weighted by molar-refractivity contribution is -0.114. The lowest BCUT2D eigenvalue weighted by Crippen LogP contribution is -2.11. The maximum atomic E-state index is 12.8. The fraction of sp³-hybridized carbons (Fsp3) is 0.0526. The molecule has 0 radical (unpaired) electrons. The first kappa shape index (κ1) is 17.8.